The summed E-state index contributed by atoms with van der Waals surface area (Å²) in [4.78, 5) is 30.6. The maximum atomic E-state index is 14.6. The number of rotatable bonds is 7. The lowest BCUT2D eigenvalue weighted by atomic mass is 9.96. The maximum absolute atomic E-state index is 14.6. The van der Waals surface area contributed by atoms with E-state index in [9.17, 15) is 14.0 Å². The molecule has 1 aliphatic rings. The Bertz CT molecular complexity index is 1120. The first kappa shape index (κ1) is 33.4. The van der Waals surface area contributed by atoms with E-state index in [1.54, 1.807) is 32.0 Å². The van der Waals surface area contributed by atoms with Gasteiger partial charge in [-0.15, -0.1) is 0 Å². The number of carbonyl (C=O) groups is 2. The number of pyridine rings is 1. The largest absolute Gasteiger partial charge is 0.450 e. The van der Waals surface area contributed by atoms with Crippen molar-refractivity contribution in [3.05, 3.63) is 58.5 Å². The van der Waals surface area contributed by atoms with Crippen molar-refractivity contribution >= 4 is 29.7 Å². The highest BCUT2D eigenvalue weighted by Gasteiger charge is 2.25. The van der Waals surface area contributed by atoms with Gasteiger partial charge < -0.3 is 30.9 Å². The standard InChI is InChI=1S/C23H27FN4O3.C4H10O.C2H5N/c1-4-14(3)21(25)19-7-6-8-20(26-19)27-22(29)17-11-16-13-28(23(30)31-5-2)10-9-15(16)12-18(17)24;1-4(2)3-5;1-2-3/h6-8,11-12,14,25H,4-5,9-10,13H2,1-3H3,(H,26,27,29);4-5H,3H2,1-2H3;2-3H,1H3. The average Bonchev–Trinajstić information content (AvgIpc) is 2.92. The molecule has 2 heterocycles. The number of nitrogens with zero attached hydrogens (tertiary/aromatic N) is 2. The van der Waals surface area contributed by atoms with Gasteiger partial charge in [0.25, 0.3) is 5.91 Å². The van der Waals surface area contributed by atoms with Crippen molar-refractivity contribution in [2.75, 3.05) is 25.1 Å². The van der Waals surface area contributed by atoms with Gasteiger partial charge in [0, 0.05) is 19.7 Å². The zero-order chi connectivity index (χ0) is 29.5. The summed E-state index contributed by atoms with van der Waals surface area (Å²) >= 11 is 0. The number of halogens is 1. The molecule has 0 aliphatic carbocycles. The van der Waals surface area contributed by atoms with Crippen LogP contribution in [0.15, 0.2) is 30.3 Å². The van der Waals surface area contributed by atoms with Crippen LogP contribution < -0.4 is 5.32 Å². The second-order valence-corrected chi connectivity index (χ2v) is 9.42. The van der Waals surface area contributed by atoms with Gasteiger partial charge in [-0.3, -0.25) is 4.79 Å². The third-order valence-electron chi connectivity index (χ3n) is 5.81. The van der Waals surface area contributed by atoms with Crippen LogP contribution in [0.3, 0.4) is 0 Å². The van der Waals surface area contributed by atoms with E-state index in [1.165, 1.54) is 23.2 Å². The highest BCUT2D eigenvalue weighted by atomic mass is 19.1. The van der Waals surface area contributed by atoms with E-state index >= 15 is 0 Å². The number of hydrogen-bond acceptors (Lipinski definition) is 7. The molecule has 1 atom stereocenters. The number of benzene rings is 1. The van der Waals surface area contributed by atoms with E-state index < -0.39 is 17.8 Å². The lowest BCUT2D eigenvalue weighted by Gasteiger charge is -2.28. The van der Waals surface area contributed by atoms with Crippen LogP contribution in [-0.2, 0) is 17.7 Å². The first-order valence-electron chi connectivity index (χ1n) is 13.2. The smallest absolute Gasteiger partial charge is 0.410 e. The molecule has 2 amide bonds. The molecule has 3 rings (SSSR count). The Balaban J connectivity index is 0.000000838. The Morgan fingerprint density at radius 2 is 1.87 bits per heavy atom. The minimum atomic E-state index is -0.631. The third kappa shape index (κ3) is 10.6. The zero-order valence-electron chi connectivity index (χ0n) is 23.8. The number of aliphatic hydroxyl groups is 1. The van der Waals surface area contributed by atoms with Crippen molar-refractivity contribution in [1.82, 2.24) is 9.88 Å². The highest BCUT2D eigenvalue weighted by Crippen LogP contribution is 2.24. The molecule has 0 saturated heterocycles. The summed E-state index contributed by atoms with van der Waals surface area (Å²) in [7, 11) is 0. The molecule has 0 spiro atoms. The van der Waals surface area contributed by atoms with Crippen LogP contribution in [0.1, 0.15) is 75.1 Å². The number of amides is 2. The van der Waals surface area contributed by atoms with Gasteiger partial charge >= 0.3 is 6.09 Å². The van der Waals surface area contributed by atoms with E-state index in [4.69, 9.17) is 20.7 Å². The first-order chi connectivity index (χ1) is 18.5. The van der Waals surface area contributed by atoms with E-state index in [0.29, 0.717) is 42.5 Å². The molecular weight excluding hydrogens is 501 g/mol. The van der Waals surface area contributed by atoms with Gasteiger partial charge in [0.1, 0.15) is 11.6 Å². The molecule has 9 nitrogen and oxygen atoms in total. The van der Waals surface area contributed by atoms with Gasteiger partial charge in [0.05, 0.1) is 23.6 Å². The molecule has 0 fully saturated rings. The fourth-order valence-corrected chi connectivity index (χ4v) is 3.42. The molecule has 39 heavy (non-hydrogen) atoms. The summed E-state index contributed by atoms with van der Waals surface area (Å²) in [6, 6.07) is 7.86. The summed E-state index contributed by atoms with van der Waals surface area (Å²) in [5.41, 5.74) is 2.23. The molecule has 1 aromatic heterocycles. The summed E-state index contributed by atoms with van der Waals surface area (Å²) < 4.78 is 19.7. The number of carbonyl (C=O) groups excluding carboxylic acids is 2. The minimum Gasteiger partial charge on any atom is -0.450 e. The second kappa shape index (κ2) is 17.0. The van der Waals surface area contributed by atoms with Crippen molar-refractivity contribution in [3.8, 4) is 0 Å². The molecule has 10 heteroatoms. The van der Waals surface area contributed by atoms with Crippen molar-refractivity contribution < 1.29 is 23.8 Å². The van der Waals surface area contributed by atoms with Gasteiger partial charge in [-0.25, -0.2) is 14.2 Å². The van der Waals surface area contributed by atoms with Gasteiger partial charge in [0.15, 0.2) is 0 Å². The summed E-state index contributed by atoms with van der Waals surface area (Å²) in [5, 5.41) is 25.1. The van der Waals surface area contributed by atoms with Gasteiger partial charge in [-0.2, -0.15) is 0 Å². The quantitative estimate of drug-likeness (QED) is 0.332. The summed E-state index contributed by atoms with van der Waals surface area (Å²) in [6.07, 6.45) is 2.13. The fourth-order valence-electron chi connectivity index (χ4n) is 3.42. The molecule has 0 radical (unpaired) electrons. The number of aromatic nitrogens is 1. The van der Waals surface area contributed by atoms with Crippen LogP contribution in [-0.4, -0.2) is 58.7 Å². The lowest BCUT2D eigenvalue weighted by Crippen LogP contribution is -2.36. The number of fused-ring (bicyclic) bond motifs is 1. The number of aliphatic hydroxyl groups excluding tert-OH is 1. The molecule has 214 valence electrons. The van der Waals surface area contributed by atoms with Gasteiger partial charge in [0.2, 0.25) is 0 Å². The van der Waals surface area contributed by atoms with Crippen LogP contribution in [0.4, 0.5) is 15.0 Å². The molecule has 2 aromatic rings. The van der Waals surface area contributed by atoms with E-state index in [0.717, 1.165) is 12.0 Å². The molecule has 1 unspecified atom stereocenters. The highest BCUT2D eigenvalue weighted by molar-refractivity contribution is 6.04. The second-order valence-electron chi connectivity index (χ2n) is 9.42. The predicted octanol–water partition coefficient (Wildman–Crippen LogP) is 5.69. The van der Waals surface area contributed by atoms with Gasteiger partial charge in [-0.05, 0) is 80.1 Å². The zero-order valence-corrected chi connectivity index (χ0v) is 23.8. The van der Waals surface area contributed by atoms with Crippen LogP contribution in [0, 0.1) is 28.5 Å². The van der Waals surface area contributed by atoms with Crippen molar-refractivity contribution in [2.24, 2.45) is 11.8 Å². The SMILES string of the molecule is CC(C)CO.CC=N.CCOC(=O)N1CCc2cc(F)c(C(=O)Nc3cccc(C(=N)C(C)CC)n3)cc2C1. The number of ether oxygens (including phenoxy) is 1. The summed E-state index contributed by atoms with van der Waals surface area (Å²) in [5.74, 6) is -0.521. The Labute approximate surface area is 230 Å². The topological polar surface area (TPSA) is 139 Å². The van der Waals surface area contributed by atoms with E-state index in [1.807, 2.05) is 27.7 Å². The molecule has 1 aliphatic heterocycles. The first-order valence-corrected chi connectivity index (χ1v) is 13.2. The Hall–Kier alpha value is -3.66. The normalized spacial score (nSPS) is 12.6. The maximum Gasteiger partial charge on any atom is 0.410 e. The Morgan fingerprint density at radius 3 is 2.44 bits per heavy atom. The van der Waals surface area contributed by atoms with Crippen LogP contribution >= 0.6 is 0 Å². The van der Waals surface area contributed by atoms with Crippen LogP contribution in [0.2, 0.25) is 0 Å². The molecule has 0 saturated carbocycles. The summed E-state index contributed by atoms with van der Waals surface area (Å²) in [6.45, 7) is 12.6. The average molecular weight is 544 g/mol. The third-order valence-corrected chi connectivity index (χ3v) is 5.81. The predicted molar refractivity (Wildman–Crippen MR) is 152 cm³/mol. The molecule has 4 N–H and O–H groups in total. The minimum absolute atomic E-state index is 0.0406. The van der Waals surface area contributed by atoms with E-state index in [2.05, 4.69) is 10.3 Å². The lowest BCUT2D eigenvalue weighted by molar-refractivity contribution is 0.102. The Kier molecular flexibility index (Phi) is 14.6. The molecule has 1 aromatic carbocycles. The van der Waals surface area contributed by atoms with Crippen molar-refractivity contribution in [2.45, 2.75) is 60.9 Å². The van der Waals surface area contributed by atoms with Crippen LogP contribution in [0.5, 0.6) is 0 Å². The molecular formula is C29H42FN5O4. The van der Waals surface area contributed by atoms with E-state index in [-0.39, 0.29) is 30.5 Å². The van der Waals surface area contributed by atoms with Crippen molar-refractivity contribution in [1.29, 1.82) is 10.8 Å². The number of hydrogen-bond donors (Lipinski definition) is 4. The molecule has 0 bridgehead atoms. The number of nitrogens with one attached hydrogen (secondary N) is 3. The van der Waals surface area contributed by atoms with Gasteiger partial charge in [-0.1, -0.05) is 33.8 Å². The fraction of sp³-hybridized carbons (Fsp3) is 0.483. The monoisotopic (exact) mass is 543 g/mol. The van der Waals surface area contributed by atoms with Crippen molar-refractivity contribution in [3.63, 3.8) is 0 Å². The number of anilines is 1. The van der Waals surface area contributed by atoms with Crippen LogP contribution in [0.25, 0.3) is 0 Å². The Morgan fingerprint density at radius 1 is 1.23 bits per heavy atom.